The molecule has 2 heterocycles. The number of nitrogens with zero attached hydrogens (tertiary/aromatic N) is 4. The number of aromatic nitrogens is 2. The van der Waals surface area contributed by atoms with E-state index >= 15 is 0 Å². The third-order valence-corrected chi connectivity index (χ3v) is 6.47. The molecule has 1 aromatic heterocycles. The van der Waals surface area contributed by atoms with Gasteiger partial charge in [-0.05, 0) is 42.7 Å². The topological polar surface area (TPSA) is 92.7 Å². The maximum absolute atomic E-state index is 12.4. The molecule has 0 unspecified atom stereocenters. The number of benzene rings is 1. The molecular formula is C19H24N4O4S. The summed E-state index contributed by atoms with van der Waals surface area (Å²) in [6.45, 7) is 4.38. The van der Waals surface area contributed by atoms with Crippen LogP contribution in [0.3, 0.4) is 0 Å². The second-order valence-electron chi connectivity index (χ2n) is 6.91. The molecule has 0 fully saturated rings. The molecule has 0 bridgehead atoms. The molecule has 0 radical (unpaired) electrons. The van der Waals surface area contributed by atoms with Crippen molar-refractivity contribution in [2.75, 3.05) is 25.5 Å². The number of rotatable bonds is 5. The smallest absolute Gasteiger partial charge is 0.303 e. The van der Waals surface area contributed by atoms with E-state index in [2.05, 4.69) is 14.9 Å². The van der Waals surface area contributed by atoms with Crippen molar-refractivity contribution in [3.8, 4) is 0 Å². The van der Waals surface area contributed by atoms with Crippen LogP contribution in [0.1, 0.15) is 36.9 Å². The lowest BCUT2D eigenvalue weighted by Gasteiger charge is -2.30. The van der Waals surface area contributed by atoms with Crippen LogP contribution in [0.15, 0.2) is 35.4 Å². The summed E-state index contributed by atoms with van der Waals surface area (Å²) in [7, 11) is -0.438. The number of hydrogen-bond acceptors (Lipinski definition) is 7. The van der Waals surface area contributed by atoms with Gasteiger partial charge in [-0.2, -0.15) is 0 Å². The van der Waals surface area contributed by atoms with Crippen molar-refractivity contribution in [3.63, 3.8) is 0 Å². The van der Waals surface area contributed by atoms with Crippen LogP contribution in [0.25, 0.3) is 0 Å². The summed E-state index contributed by atoms with van der Waals surface area (Å²) in [5, 5.41) is 0. The SMILES string of the molecule is CC(=O)O[C@H](C)c1nccc(N2CCc3ccc(S(=O)(=O)N(C)C)cc3C2)n1. The van der Waals surface area contributed by atoms with E-state index in [1.165, 1.54) is 25.3 Å². The average Bonchev–Trinajstić information content (AvgIpc) is 2.66. The minimum atomic E-state index is -3.48. The van der Waals surface area contributed by atoms with Crippen LogP contribution in [-0.2, 0) is 32.5 Å². The normalized spacial score (nSPS) is 15.2. The Bertz CT molecular complexity index is 991. The highest BCUT2D eigenvalue weighted by Crippen LogP contribution is 2.27. The van der Waals surface area contributed by atoms with E-state index in [0.717, 1.165) is 29.9 Å². The minimum Gasteiger partial charge on any atom is -0.455 e. The molecule has 8 nitrogen and oxygen atoms in total. The fourth-order valence-electron chi connectivity index (χ4n) is 3.14. The fraction of sp³-hybridized carbons (Fsp3) is 0.421. The quantitative estimate of drug-likeness (QED) is 0.703. The number of sulfonamides is 1. The van der Waals surface area contributed by atoms with E-state index in [0.29, 0.717) is 12.4 Å². The van der Waals surface area contributed by atoms with Crippen LogP contribution >= 0.6 is 0 Å². The molecule has 0 amide bonds. The number of esters is 1. The van der Waals surface area contributed by atoms with Gasteiger partial charge < -0.3 is 9.64 Å². The van der Waals surface area contributed by atoms with Crippen molar-refractivity contribution < 1.29 is 17.9 Å². The first-order valence-corrected chi connectivity index (χ1v) is 10.4. The number of carbonyl (C=O) groups is 1. The maximum atomic E-state index is 12.4. The third-order valence-electron chi connectivity index (χ3n) is 4.66. The van der Waals surface area contributed by atoms with Crippen molar-refractivity contribution in [1.29, 1.82) is 0 Å². The van der Waals surface area contributed by atoms with E-state index in [1.54, 1.807) is 31.3 Å². The van der Waals surface area contributed by atoms with E-state index < -0.39 is 16.1 Å². The summed E-state index contributed by atoms with van der Waals surface area (Å²) in [5.74, 6) is 0.765. The zero-order valence-electron chi connectivity index (χ0n) is 16.4. The van der Waals surface area contributed by atoms with Gasteiger partial charge in [-0.15, -0.1) is 0 Å². The molecule has 9 heteroatoms. The summed E-state index contributed by atoms with van der Waals surface area (Å²) in [6.07, 6.45) is 1.89. The molecule has 28 heavy (non-hydrogen) atoms. The molecule has 0 saturated carbocycles. The van der Waals surface area contributed by atoms with E-state index in [1.807, 2.05) is 6.07 Å². The Hall–Kier alpha value is -2.52. The van der Waals surface area contributed by atoms with E-state index in [4.69, 9.17) is 4.74 Å². The molecule has 0 aliphatic carbocycles. The molecule has 1 aromatic carbocycles. The first-order chi connectivity index (χ1) is 13.2. The molecule has 1 aliphatic rings. The lowest BCUT2D eigenvalue weighted by atomic mass is 10.00. The lowest BCUT2D eigenvalue weighted by Crippen LogP contribution is -2.32. The molecule has 0 N–H and O–H groups in total. The Morgan fingerprint density at radius 1 is 1.25 bits per heavy atom. The average molecular weight is 404 g/mol. The van der Waals surface area contributed by atoms with Gasteiger partial charge in [0.05, 0.1) is 4.90 Å². The van der Waals surface area contributed by atoms with Gasteiger partial charge >= 0.3 is 5.97 Å². The van der Waals surface area contributed by atoms with Crippen LogP contribution in [0.2, 0.25) is 0 Å². The van der Waals surface area contributed by atoms with Crippen LogP contribution in [0.5, 0.6) is 0 Å². The molecular weight excluding hydrogens is 380 g/mol. The van der Waals surface area contributed by atoms with Gasteiger partial charge in [0, 0.05) is 40.3 Å². The summed E-state index contributed by atoms with van der Waals surface area (Å²) in [5.41, 5.74) is 2.10. The van der Waals surface area contributed by atoms with Crippen LogP contribution in [0.4, 0.5) is 5.82 Å². The molecule has 2 aromatic rings. The zero-order valence-corrected chi connectivity index (χ0v) is 17.2. The predicted molar refractivity (Wildman–Crippen MR) is 104 cm³/mol. The number of hydrogen-bond donors (Lipinski definition) is 0. The maximum Gasteiger partial charge on any atom is 0.303 e. The van der Waals surface area contributed by atoms with Crippen molar-refractivity contribution >= 4 is 21.8 Å². The molecule has 1 aliphatic heterocycles. The van der Waals surface area contributed by atoms with E-state index in [9.17, 15) is 13.2 Å². The minimum absolute atomic E-state index is 0.282. The Labute approximate surface area is 165 Å². The number of anilines is 1. The second-order valence-corrected chi connectivity index (χ2v) is 9.07. The van der Waals surface area contributed by atoms with Crippen LogP contribution in [-0.4, -0.2) is 49.3 Å². The van der Waals surface area contributed by atoms with Crippen molar-refractivity contribution in [2.45, 2.75) is 37.8 Å². The summed E-state index contributed by atoms with van der Waals surface area (Å²) in [6, 6.07) is 7.08. The summed E-state index contributed by atoms with van der Waals surface area (Å²) in [4.78, 5) is 22.3. The van der Waals surface area contributed by atoms with Gasteiger partial charge in [0.1, 0.15) is 5.82 Å². The fourth-order valence-corrected chi connectivity index (χ4v) is 4.09. The molecule has 1 atom stereocenters. The van der Waals surface area contributed by atoms with Gasteiger partial charge in [0.15, 0.2) is 11.9 Å². The van der Waals surface area contributed by atoms with Gasteiger partial charge in [-0.1, -0.05) is 6.07 Å². The van der Waals surface area contributed by atoms with Crippen LogP contribution in [0, 0.1) is 0 Å². The monoisotopic (exact) mass is 404 g/mol. The highest BCUT2D eigenvalue weighted by atomic mass is 32.2. The first kappa shape index (κ1) is 20.2. The Morgan fingerprint density at radius 2 is 2.00 bits per heavy atom. The largest absolute Gasteiger partial charge is 0.455 e. The third kappa shape index (κ3) is 4.15. The van der Waals surface area contributed by atoms with Crippen molar-refractivity contribution in [2.24, 2.45) is 0 Å². The van der Waals surface area contributed by atoms with Crippen molar-refractivity contribution in [1.82, 2.24) is 14.3 Å². The summed E-state index contributed by atoms with van der Waals surface area (Å²) < 4.78 is 31.2. The van der Waals surface area contributed by atoms with Gasteiger partial charge in [-0.25, -0.2) is 22.7 Å². The molecule has 0 spiro atoms. The molecule has 0 saturated heterocycles. The Balaban J connectivity index is 1.86. The zero-order chi connectivity index (χ0) is 20.5. The number of ether oxygens (including phenoxy) is 1. The first-order valence-electron chi connectivity index (χ1n) is 8.98. The van der Waals surface area contributed by atoms with Gasteiger partial charge in [0.25, 0.3) is 0 Å². The van der Waals surface area contributed by atoms with Gasteiger partial charge in [-0.3, -0.25) is 4.79 Å². The van der Waals surface area contributed by atoms with Crippen molar-refractivity contribution in [3.05, 3.63) is 47.4 Å². The predicted octanol–water partition coefficient (Wildman–Crippen LogP) is 1.91. The van der Waals surface area contributed by atoms with Crippen LogP contribution < -0.4 is 4.90 Å². The second kappa shape index (κ2) is 7.84. The standard InChI is InChI=1S/C19H24N4O4S/c1-13(27-14(2)24)19-20-9-7-18(21-19)23-10-8-15-5-6-17(11-16(15)12-23)28(25,26)22(3)4/h5-7,9,11,13H,8,10,12H2,1-4H3/t13-/m1/s1. The number of carbonyl (C=O) groups excluding carboxylic acids is 1. The van der Waals surface area contributed by atoms with Gasteiger partial charge in [0.2, 0.25) is 10.0 Å². The highest BCUT2D eigenvalue weighted by Gasteiger charge is 2.23. The molecule has 3 rings (SSSR count). The summed E-state index contributed by atoms with van der Waals surface area (Å²) >= 11 is 0. The Kier molecular flexibility index (Phi) is 5.66. The molecule has 150 valence electrons. The lowest BCUT2D eigenvalue weighted by molar-refractivity contribution is -0.146. The highest BCUT2D eigenvalue weighted by molar-refractivity contribution is 7.89. The number of fused-ring (bicyclic) bond motifs is 1. The van der Waals surface area contributed by atoms with E-state index in [-0.39, 0.29) is 10.9 Å². The Morgan fingerprint density at radius 3 is 2.68 bits per heavy atom.